The largest absolute Gasteiger partial charge is 0.290 e. The van der Waals surface area contributed by atoms with Crippen molar-refractivity contribution in [2.24, 2.45) is 5.92 Å². The van der Waals surface area contributed by atoms with E-state index in [9.17, 15) is 8.42 Å². The summed E-state index contributed by atoms with van der Waals surface area (Å²) >= 11 is 0. The standard InChI is InChI=1S/C11H19N3O2S/c1-10-8-14(17(15,16)9-10)11-2-5-13(6-3-11)7-4-12/h10-11H,2-3,5-9H2,1H3. The molecule has 0 aromatic rings. The van der Waals surface area contributed by atoms with E-state index >= 15 is 0 Å². The zero-order valence-electron chi connectivity index (χ0n) is 10.2. The number of nitrogens with zero attached hydrogens (tertiary/aromatic N) is 3. The average molecular weight is 257 g/mol. The Kier molecular flexibility index (Phi) is 3.71. The first-order valence-electron chi connectivity index (χ1n) is 6.12. The first kappa shape index (κ1) is 12.8. The fourth-order valence-corrected chi connectivity index (χ4v) is 4.93. The molecule has 0 saturated carbocycles. The summed E-state index contributed by atoms with van der Waals surface area (Å²) in [6, 6.07) is 2.29. The fourth-order valence-electron chi connectivity index (χ4n) is 2.77. The van der Waals surface area contributed by atoms with Crippen molar-refractivity contribution in [3.05, 3.63) is 0 Å². The third-order valence-corrected chi connectivity index (χ3v) is 5.75. The van der Waals surface area contributed by atoms with E-state index in [1.54, 1.807) is 4.31 Å². The first-order chi connectivity index (χ1) is 8.03. The zero-order chi connectivity index (χ0) is 12.5. The lowest BCUT2D eigenvalue weighted by atomic mass is 10.0. The van der Waals surface area contributed by atoms with E-state index in [2.05, 4.69) is 11.0 Å². The van der Waals surface area contributed by atoms with Gasteiger partial charge in [-0.3, -0.25) is 4.90 Å². The number of likely N-dealkylation sites (tertiary alicyclic amines) is 1. The van der Waals surface area contributed by atoms with Crippen molar-refractivity contribution in [1.29, 1.82) is 5.26 Å². The van der Waals surface area contributed by atoms with Crippen LogP contribution in [0.5, 0.6) is 0 Å². The average Bonchev–Trinajstić information content (AvgIpc) is 2.53. The van der Waals surface area contributed by atoms with Gasteiger partial charge in [0.25, 0.3) is 0 Å². The molecule has 0 bridgehead atoms. The SMILES string of the molecule is CC1CN(C2CCN(CC#N)CC2)S(=O)(=O)C1. The van der Waals surface area contributed by atoms with E-state index in [-0.39, 0.29) is 12.0 Å². The third kappa shape index (κ3) is 2.79. The van der Waals surface area contributed by atoms with Gasteiger partial charge in [0.1, 0.15) is 0 Å². The van der Waals surface area contributed by atoms with Crippen molar-refractivity contribution in [2.45, 2.75) is 25.8 Å². The third-order valence-electron chi connectivity index (χ3n) is 3.60. The minimum Gasteiger partial charge on any atom is -0.290 e. The van der Waals surface area contributed by atoms with Crippen LogP contribution in [-0.4, -0.2) is 55.6 Å². The Morgan fingerprint density at radius 1 is 1.35 bits per heavy atom. The number of piperidine rings is 1. The molecule has 2 heterocycles. The summed E-state index contributed by atoms with van der Waals surface area (Å²) in [5, 5.41) is 8.62. The van der Waals surface area contributed by atoms with Gasteiger partial charge in [0.2, 0.25) is 10.0 Å². The highest BCUT2D eigenvalue weighted by Gasteiger charge is 2.39. The van der Waals surface area contributed by atoms with Crippen LogP contribution in [0.4, 0.5) is 0 Å². The van der Waals surface area contributed by atoms with Gasteiger partial charge in [-0.05, 0) is 18.8 Å². The van der Waals surface area contributed by atoms with Crippen molar-refractivity contribution < 1.29 is 8.42 Å². The normalized spacial score (nSPS) is 31.4. The summed E-state index contributed by atoms with van der Waals surface area (Å²) in [7, 11) is -3.02. The fraction of sp³-hybridized carbons (Fsp3) is 0.909. The molecule has 96 valence electrons. The smallest absolute Gasteiger partial charge is 0.214 e. The van der Waals surface area contributed by atoms with Gasteiger partial charge in [-0.1, -0.05) is 6.92 Å². The molecule has 2 aliphatic heterocycles. The quantitative estimate of drug-likeness (QED) is 0.665. The topological polar surface area (TPSA) is 64.4 Å². The second kappa shape index (κ2) is 4.92. The van der Waals surface area contributed by atoms with Gasteiger partial charge in [-0.15, -0.1) is 0 Å². The number of sulfonamides is 1. The summed E-state index contributed by atoms with van der Waals surface area (Å²) in [6.07, 6.45) is 1.71. The van der Waals surface area contributed by atoms with Gasteiger partial charge in [-0.2, -0.15) is 9.57 Å². The molecular weight excluding hydrogens is 238 g/mol. The molecule has 0 aliphatic carbocycles. The van der Waals surface area contributed by atoms with Crippen LogP contribution in [0, 0.1) is 17.2 Å². The summed E-state index contributed by atoms with van der Waals surface area (Å²) in [5.74, 6) is 0.544. The molecule has 5 nitrogen and oxygen atoms in total. The lowest BCUT2D eigenvalue weighted by Gasteiger charge is -2.34. The molecule has 2 fully saturated rings. The van der Waals surface area contributed by atoms with Gasteiger partial charge in [0.05, 0.1) is 18.4 Å². The molecule has 0 radical (unpaired) electrons. The van der Waals surface area contributed by atoms with Gasteiger partial charge in [0.15, 0.2) is 0 Å². The minimum atomic E-state index is -3.02. The van der Waals surface area contributed by atoms with Crippen LogP contribution in [0.3, 0.4) is 0 Å². The predicted octanol–water partition coefficient (Wildman–Crippen LogP) is 0.256. The van der Waals surface area contributed by atoms with E-state index in [1.165, 1.54) is 0 Å². The van der Waals surface area contributed by atoms with Crippen LogP contribution in [0.1, 0.15) is 19.8 Å². The first-order valence-corrected chi connectivity index (χ1v) is 7.72. The van der Waals surface area contributed by atoms with Crippen LogP contribution >= 0.6 is 0 Å². The van der Waals surface area contributed by atoms with E-state index < -0.39 is 10.0 Å². The van der Waals surface area contributed by atoms with Gasteiger partial charge in [-0.25, -0.2) is 8.42 Å². The molecule has 1 atom stereocenters. The van der Waals surface area contributed by atoms with Crippen molar-refractivity contribution in [3.8, 4) is 6.07 Å². The summed E-state index contributed by atoms with van der Waals surface area (Å²) < 4.78 is 25.6. The van der Waals surface area contributed by atoms with Gasteiger partial charge in [0, 0.05) is 25.7 Å². The molecule has 2 rings (SSSR count). The van der Waals surface area contributed by atoms with Crippen molar-refractivity contribution >= 4 is 10.0 Å². The van der Waals surface area contributed by atoms with Crippen LogP contribution in [0.15, 0.2) is 0 Å². The Morgan fingerprint density at radius 3 is 2.47 bits per heavy atom. The molecule has 0 N–H and O–H groups in total. The molecule has 1 unspecified atom stereocenters. The Morgan fingerprint density at radius 2 is 2.00 bits per heavy atom. The van der Waals surface area contributed by atoms with Crippen molar-refractivity contribution in [2.75, 3.05) is 31.9 Å². The summed E-state index contributed by atoms with van der Waals surface area (Å²) in [4.78, 5) is 2.09. The maximum Gasteiger partial charge on any atom is 0.214 e. The van der Waals surface area contributed by atoms with Gasteiger partial charge < -0.3 is 0 Å². The number of hydrogen-bond acceptors (Lipinski definition) is 4. The molecule has 17 heavy (non-hydrogen) atoms. The zero-order valence-corrected chi connectivity index (χ0v) is 11.0. The van der Waals surface area contributed by atoms with E-state index in [1.807, 2.05) is 6.92 Å². The summed E-state index contributed by atoms with van der Waals surface area (Å²) in [6.45, 7) is 4.78. The second-order valence-corrected chi connectivity index (χ2v) is 7.09. The molecule has 0 amide bonds. The van der Waals surface area contributed by atoms with Crippen LogP contribution in [0.25, 0.3) is 0 Å². The molecular formula is C11H19N3O2S. The van der Waals surface area contributed by atoms with Crippen molar-refractivity contribution in [3.63, 3.8) is 0 Å². The van der Waals surface area contributed by atoms with Crippen LogP contribution in [0.2, 0.25) is 0 Å². The molecule has 2 aliphatic rings. The predicted molar refractivity (Wildman–Crippen MR) is 64.7 cm³/mol. The number of nitriles is 1. The number of rotatable bonds is 2. The van der Waals surface area contributed by atoms with Gasteiger partial charge >= 0.3 is 0 Å². The highest BCUT2D eigenvalue weighted by Crippen LogP contribution is 2.26. The van der Waals surface area contributed by atoms with E-state index in [4.69, 9.17) is 5.26 Å². The molecule has 2 saturated heterocycles. The highest BCUT2D eigenvalue weighted by atomic mass is 32.2. The monoisotopic (exact) mass is 257 g/mol. The Hall–Kier alpha value is -0.640. The maximum atomic E-state index is 11.9. The summed E-state index contributed by atoms with van der Waals surface area (Å²) in [5.41, 5.74) is 0. The van der Waals surface area contributed by atoms with Crippen molar-refractivity contribution in [1.82, 2.24) is 9.21 Å². The number of hydrogen-bond donors (Lipinski definition) is 0. The molecule has 0 spiro atoms. The van der Waals surface area contributed by atoms with Crippen LogP contribution < -0.4 is 0 Å². The van der Waals surface area contributed by atoms with E-state index in [0.29, 0.717) is 18.8 Å². The lowest BCUT2D eigenvalue weighted by molar-refractivity contribution is 0.172. The highest BCUT2D eigenvalue weighted by molar-refractivity contribution is 7.89. The molecule has 6 heteroatoms. The molecule has 0 aromatic carbocycles. The Balaban J connectivity index is 1.95. The maximum absolute atomic E-state index is 11.9. The Bertz CT molecular complexity index is 407. The van der Waals surface area contributed by atoms with Crippen LogP contribution in [-0.2, 0) is 10.0 Å². The molecule has 0 aromatic heterocycles. The minimum absolute atomic E-state index is 0.153. The lowest BCUT2D eigenvalue weighted by Crippen LogP contribution is -2.45. The second-order valence-electron chi connectivity index (χ2n) is 5.12. The van der Waals surface area contributed by atoms with E-state index in [0.717, 1.165) is 25.9 Å². The Labute approximate surface area is 103 Å².